The maximum atomic E-state index is 13.5. The van der Waals surface area contributed by atoms with Crippen LogP contribution in [0.15, 0.2) is 59.4 Å². The molecule has 0 aliphatic heterocycles. The molecule has 3 heterocycles. The summed E-state index contributed by atoms with van der Waals surface area (Å²) in [5.74, 6) is 0.284. The van der Waals surface area contributed by atoms with E-state index in [2.05, 4.69) is 10.2 Å². The van der Waals surface area contributed by atoms with Gasteiger partial charge in [0.1, 0.15) is 4.83 Å². The SMILES string of the molecule is Cc1c(C(N)=O)sc2c1c(=O)n(Cc1ccccc1)c1nnc(-c3ccccc3Cl)n21. The second kappa shape index (κ2) is 7.33. The van der Waals surface area contributed by atoms with Crippen LogP contribution in [0.1, 0.15) is 20.8 Å². The molecule has 0 aliphatic carbocycles. The summed E-state index contributed by atoms with van der Waals surface area (Å²) in [6, 6.07) is 16.9. The van der Waals surface area contributed by atoms with E-state index in [1.165, 1.54) is 0 Å². The highest BCUT2D eigenvalue weighted by Crippen LogP contribution is 2.33. The maximum Gasteiger partial charge on any atom is 0.264 e. The summed E-state index contributed by atoms with van der Waals surface area (Å²) in [6.45, 7) is 2.04. The lowest BCUT2D eigenvalue weighted by Crippen LogP contribution is -2.24. The summed E-state index contributed by atoms with van der Waals surface area (Å²) in [4.78, 5) is 26.5. The molecule has 2 aromatic carbocycles. The van der Waals surface area contributed by atoms with E-state index in [4.69, 9.17) is 17.3 Å². The standard InChI is InChI=1S/C22H16ClN5O2S/c1-12-16-20(30)27(11-13-7-3-2-4-8-13)22-26-25-19(14-9-5-6-10-15(14)23)28(22)21(16)31-17(12)18(24)29/h2-10H,11H2,1H3,(H2,24,29). The number of nitrogens with two attached hydrogens (primary N) is 1. The van der Waals surface area contributed by atoms with Gasteiger partial charge in [0.25, 0.3) is 11.5 Å². The van der Waals surface area contributed by atoms with Crippen molar-refractivity contribution >= 4 is 44.8 Å². The van der Waals surface area contributed by atoms with Gasteiger partial charge < -0.3 is 5.73 Å². The number of thiophene rings is 1. The van der Waals surface area contributed by atoms with Crippen LogP contribution in [-0.2, 0) is 6.54 Å². The predicted octanol–water partition coefficient (Wildman–Crippen LogP) is 3.88. The van der Waals surface area contributed by atoms with Crippen LogP contribution in [0.5, 0.6) is 0 Å². The minimum atomic E-state index is -0.576. The number of nitrogens with zero attached hydrogens (tertiary/aromatic N) is 4. The third-order valence-electron chi connectivity index (χ3n) is 5.20. The number of hydrogen-bond acceptors (Lipinski definition) is 5. The molecule has 5 rings (SSSR count). The van der Waals surface area contributed by atoms with Gasteiger partial charge in [0.05, 0.1) is 21.8 Å². The molecule has 9 heteroatoms. The number of aromatic nitrogens is 4. The molecular weight excluding hydrogens is 434 g/mol. The number of halogens is 1. The Bertz CT molecular complexity index is 1530. The van der Waals surface area contributed by atoms with E-state index < -0.39 is 5.91 Å². The van der Waals surface area contributed by atoms with Crippen LogP contribution in [0.2, 0.25) is 5.02 Å². The molecule has 31 heavy (non-hydrogen) atoms. The number of amides is 1. The Kier molecular flexibility index (Phi) is 4.60. The van der Waals surface area contributed by atoms with Crippen molar-refractivity contribution in [2.75, 3.05) is 0 Å². The molecule has 0 radical (unpaired) electrons. The third-order valence-corrected chi connectivity index (χ3v) is 6.82. The number of hydrogen-bond donors (Lipinski definition) is 1. The number of carbonyl (C=O) groups is 1. The second-order valence-electron chi connectivity index (χ2n) is 7.12. The molecule has 0 spiro atoms. The van der Waals surface area contributed by atoms with E-state index in [1.807, 2.05) is 48.5 Å². The van der Waals surface area contributed by atoms with Gasteiger partial charge in [0.15, 0.2) is 5.82 Å². The van der Waals surface area contributed by atoms with Crippen LogP contribution < -0.4 is 11.3 Å². The fraction of sp³-hybridized carbons (Fsp3) is 0.0909. The number of carbonyl (C=O) groups excluding carboxylic acids is 1. The van der Waals surface area contributed by atoms with Crippen molar-refractivity contribution < 1.29 is 4.79 Å². The van der Waals surface area contributed by atoms with Gasteiger partial charge >= 0.3 is 0 Å². The van der Waals surface area contributed by atoms with Crippen LogP contribution in [0.3, 0.4) is 0 Å². The molecule has 7 nitrogen and oxygen atoms in total. The highest BCUT2D eigenvalue weighted by molar-refractivity contribution is 7.20. The first-order chi connectivity index (χ1) is 15.0. The first-order valence-electron chi connectivity index (χ1n) is 9.47. The summed E-state index contributed by atoms with van der Waals surface area (Å²) < 4.78 is 3.35. The predicted molar refractivity (Wildman–Crippen MR) is 122 cm³/mol. The topological polar surface area (TPSA) is 95.3 Å². The van der Waals surface area contributed by atoms with Gasteiger partial charge in [-0.3, -0.25) is 18.6 Å². The van der Waals surface area contributed by atoms with E-state index in [9.17, 15) is 9.59 Å². The lowest BCUT2D eigenvalue weighted by molar-refractivity contribution is 0.100. The molecule has 2 N–H and O–H groups in total. The molecule has 154 valence electrons. The molecule has 0 saturated heterocycles. The Balaban J connectivity index is 1.92. The number of benzene rings is 2. The molecule has 0 atom stereocenters. The van der Waals surface area contributed by atoms with Crippen LogP contribution in [0.25, 0.3) is 27.4 Å². The average Bonchev–Trinajstić information content (AvgIpc) is 3.34. The maximum absolute atomic E-state index is 13.5. The Hall–Kier alpha value is -3.49. The van der Waals surface area contributed by atoms with Crippen molar-refractivity contribution in [2.45, 2.75) is 13.5 Å². The third kappa shape index (κ3) is 3.03. The van der Waals surface area contributed by atoms with Gasteiger partial charge in [-0.25, -0.2) is 0 Å². The van der Waals surface area contributed by atoms with Gasteiger partial charge in [0, 0.05) is 5.56 Å². The van der Waals surface area contributed by atoms with E-state index >= 15 is 0 Å². The van der Waals surface area contributed by atoms with Crippen molar-refractivity contribution in [1.82, 2.24) is 19.2 Å². The van der Waals surface area contributed by atoms with Gasteiger partial charge in [-0.15, -0.1) is 21.5 Å². The Morgan fingerprint density at radius 2 is 1.81 bits per heavy atom. The highest BCUT2D eigenvalue weighted by Gasteiger charge is 2.24. The zero-order chi connectivity index (χ0) is 21.7. The van der Waals surface area contributed by atoms with Crippen LogP contribution in [0, 0.1) is 6.92 Å². The highest BCUT2D eigenvalue weighted by atomic mass is 35.5. The van der Waals surface area contributed by atoms with Crippen LogP contribution >= 0.6 is 22.9 Å². The first-order valence-corrected chi connectivity index (χ1v) is 10.7. The molecule has 1 amide bonds. The summed E-state index contributed by atoms with van der Waals surface area (Å²) in [5.41, 5.74) is 7.51. The molecule has 0 fully saturated rings. The lowest BCUT2D eigenvalue weighted by Gasteiger charge is -2.10. The van der Waals surface area contributed by atoms with Gasteiger partial charge in [0.2, 0.25) is 5.78 Å². The number of primary amides is 1. The molecule has 0 bridgehead atoms. The lowest BCUT2D eigenvalue weighted by atomic mass is 10.2. The zero-order valence-corrected chi connectivity index (χ0v) is 17.9. The monoisotopic (exact) mass is 449 g/mol. The number of aryl methyl sites for hydroxylation is 1. The van der Waals surface area contributed by atoms with E-state index in [-0.39, 0.29) is 5.56 Å². The molecule has 0 saturated carbocycles. The largest absolute Gasteiger partial charge is 0.365 e. The summed E-state index contributed by atoms with van der Waals surface area (Å²) in [5, 5.41) is 9.63. The zero-order valence-electron chi connectivity index (χ0n) is 16.4. The van der Waals surface area contributed by atoms with Gasteiger partial charge in [-0.1, -0.05) is 54.1 Å². The van der Waals surface area contributed by atoms with Crippen molar-refractivity contribution in [3.05, 3.63) is 86.0 Å². The first kappa shape index (κ1) is 19.5. The Labute approximate surface area is 185 Å². The van der Waals surface area contributed by atoms with Crippen molar-refractivity contribution in [1.29, 1.82) is 0 Å². The molecule has 0 unspecified atom stereocenters. The molecule has 0 aliphatic rings. The van der Waals surface area contributed by atoms with E-state index in [0.29, 0.717) is 49.4 Å². The second-order valence-corrected chi connectivity index (χ2v) is 8.52. The molecule has 3 aromatic heterocycles. The van der Waals surface area contributed by atoms with E-state index in [1.54, 1.807) is 22.0 Å². The van der Waals surface area contributed by atoms with Crippen molar-refractivity contribution in [3.63, 3.8) is 0 Å². The number of rotatable bonds is 4. The average molecular weight is 450 g/mol. The molecular formula is C22H16ClN5O2S. The number of fused-ring (bicyclic) bond motifs is 3. The van der Waals surface area contributed by atoms with Crippen LogP contribution in [0.4, 0.5) is 0 Å². The minimum absolute atomic E-state index is 0.245. The Morgan fingerprint density at radius 3 is 2.52 bits per heavy atom. The Morgan fingerprint density at radius 1 is 1.10 bits per heavy atom. The normalized spacial score (nSPS) is 11.4. The smallest absolute Gasteiger partial charge is 0.264 e. The fourth-order valence-electron chi connectivity index (χ4n) is 3.73. The van der Waals surface area contributed by atoms with Crippen molar-refractivity contribution in [3.8, 4) is 11.4 Å². The summed E-state index contributed by atoms with van der Waals surface area (Å²) >= 11 is 7.60. The van der Waals surface area contributed by atoms with Gasteiger partial charge in [-0.2, -0.15) is 0 Å². The minimum Gasteiger partial charge on any atom is -0.365 e. The molecule has 5 aromatic rings. The summed E-state index contributed by atoms with van der Waals surface area (Å²) in [7, 11) is 0. The van der Waals surface area contributed by atoms with Gasteiger partial charge in [-0.05, 0) is 30.2 Å². The van der Waals surface area contributed by atoms with Crippen molar-refractivity contribution in [2.24, 2.45) is 5.73 Å². The van der Waals surface area contributed by atoms with Crippen LogP contribution in [-0.4, -0.2) is 25.1 Å². The fourth-order valence-corrected chi connectivity index (χ4v) is 5.10. The van der Waals surface area contributed by atoms with E-state index in [0.717, 1.165) is 16.9 Å². The summed E-state index contributed by atoms with van der Waals surface area (Å²) in [6.07, 6.45) is 0. The quantitative estimate of drug-likeness (QED) is 0.450.